The fourth-order valence-electron chi connectivity index (χ4n) is 3.09. The van der Waals surface area contributed by atoms with Gasteiger partial charge in [-0.2, -0.15) is 0 Å². The van der Waals surface area contributed by atoms with Gasteiger partial charge in [0.1, 0.15) is 5.76 Å². The van der Waals surface area contributed by atoms with E-state index in [1.165, 1.54) is 23.8 Å². The van der Waals surface area contributed by atoms with E-state index in [4.69, 9.17) is 13.9 Å². The van der Waals surface area contributed by atoms with Crippen molar-refractivity contribution in [2.75, 3.05) is 45.4 Å². The first-order chi connectivity index (χ1) is 14.5. The van der Waals surface area contributed by atoms with Gasteiger partial charge < -0.3 is 18.8 Å². The number of methoxy groups -OCH3 is 1. The molecule has 4 rings (SSSR count). The van der Waals surface area contributed by atoms with Gasteiger partial charge >= 0.3 is 5.97 Å². The van der Waals surface area contributed by atoms with E-state index in [0.717, 1.165) is 19.0 Å². The number of nitrogens with zero attached hydrogens (tertiary/aromatic N) is 3. The maximum absolute atomic E-state index is 12.7. The third-order valence-corrected chi connectivity index (χ3v) is 5.76. The van der Waals surface area contributed by atoms with Gasteiger partial charge in [-0.15, -0.1) is 0 Å². The number of rotatable bonds is 4. The summed E-state index contributed by atoms with van der Waals surface area (Å²) in [4.78, 5) is 33.0. The molecule has 2 fully saturated rings. The zero-order valence-electron chi connectivity index (χ0n) is 16.7. The number of likely N-dealkylation sites (N-methyl/N-ethyl adjacent to an activating group) is 1. The molecule has 30 heavy (non-hydrogen) atoms. The van der Waals surface area contributed by atoms with Gasteiger partial charge in [0, 0.05) is 32.3 Å². The predicted octanol–water partition coefficient (Wildman–Crippen LogP) is 3.14. The number of thioether (sulfide) groups is 1. The fraction of sp³-hybridized carbons (Fsp3) is 0.286. The van der Waals surface area contributed by atoms with Crippen molar-refractivity contribution in [3.8, 4) is 0 Å². The van der Waals surface area contributed by atoms with Crippen LogP contribution in [0, 0.1) is 0 Å². The largest absolute Gasteiger partial charge is 0.465 e. The molecule has 2 saturated heterocycles. The van der Waals surface area contributed by atoms with E-state index in [0.29, 0.717) is 40.3 Å². The molecule has 0 N–H and O–H groups in total. The van der Waals surface area contributed by atoms with Gasteiger partial charge in [-0.25, -0.2) is 9.79 Å². The van der Waals surface area contributed by atoms with E-state index in [1.54, 1.807) is 37.4 Å². The minimum atomic E-state index is -0.435. The van der Waals surface area contributed by atoms with E-state index in [-0.39, 0.29) is 5.91 Å². The van der Waals surface area contributed by atoms with Crippen molar-refractivity contribution in [1.82, 2.24) is 4.90 Å². The van der Waals surface area contributed by atoms with E-state index in [9.17, 15) is 9.59 Å². The highest BCUT2D eigenvalue weighted by atomic mass is 32.2. The third kappa shape index (κ3) is 4.27. The Labute approximate surface area is 178 Å². The molecule has 9 heteroatoms. The Morgan fingerprint density at radius 1 is 1.23 bits per heavy atom. The number of hydrogen-bond donors (Lipinski definition) is 0. The number of anilines is 1. The quantitative estimate of drug-likeness (QED) is 0.547. The van der Waals surface area contributed by atoms with Gasteiger partial charge in [-0.05, 0) is 36.0 Å². The average Bonchev–Trinajstić information content (AvgIpc) is 3.35. The zero-order valence-corrected chi connectivity index (χ0v) is 17.5. The summed E-state index contributed by atoms with van der Waals surface area (Å²) in [5.41, 5.74) is 0.965. The second-order valence-corrected chi connectivity index (χ2v) is 7.70. The minimum Gasteiger partial charge on any atom is -0.465 e. The molecule has 0 radical (unpaired) electrons. The lowest BCUT2D eigenvalue weighted by Gasteiger charge is -2.26. The molecule has 2 aliphatic rings. The molecule has 0 saturated carbocycles. The van der Waals surface area contributed by atoms with Gasteiger partial charge in [-0.1, -0.05) is 6.07 Å². The molecule has 1 amide bonds. The number of benzene rings is 1. The zero-order chi connectivity index (χ0) is 21.1. The molecule has 1 aromatic heterocycles. The molecular weight excluding hydrogens is 406 g/mol. The molecule has 8 nitrogen and oxygen atoms in total. The number of aliphatic imine (C=N–C) groups is 1. The van der Waals surface area contributed by atoms with Crippen LogP contribution in [-0.4, -0.2) is 62.4 Å². The van der Waals surface area contributed by atoms with Crippen LogP contribution in [0.1, 0.15) is 16.1 Å². The summed E-state index contributed by atoms with van der Waals surface area (Å²) in [6.45, 7) is 2.91. The Bertz CT molecular complexity index is 1020. The molecule has 1 aromatic carbocycles. The summed E-state index contributed by atoms with van der Waals surface area (Å²) in [6, 6.07) is 10.5. The first kappa shape index (κ1) is 20.2. The van der Waals surface area contributed by atoms with Crippen LogP contribution in [0.25, 0.3) is 6.08 Å². The molecule has 0 aliphatic carbocycles. The Hall–Kier alpha value is -3.04. The number of esters is 1. The second-order valence-electron chi connectivity index (χ2n) is 6.69. The number of hydrogen-bond acceptors (Lipinski definition) is 8. The topological polar surface area (TPSA) is 84.6 Å². The Morgan fingerprint density at radius 2 is 2.03 bits per heavy atom. The second kappa shape index (κ2) is 8.76. The molecule has 0 bridgehead atoms. The van der Waals surface area contributed by atoms with Crippen LogP contribution in [0.4, 0.5) is 11.6 Å². The van der Waals surface area contributed by atoms with E-state index >= 15 is 0 Å². The van der Waals surface area contributed by atoms with Crippen molar-refractivity contribution < 1.29 is 23.5 Å². The SMILES string of the molecule is COC(=O)c1cccc(N=C2SC(=Cc3ccc(N4CCOCC4)o3)C(=O)N2C)c1. The number of morpholine rings is 1. The summed E-state index contributed by atoms with van der Waals surface area (Å²) in [5.74, 6) is 0.777. The van der Waals surface area contributed by atoms with Crippen LogP contribution in [0.5, 0.6) is 0 Å². The lowest BCUT2D eigenvalue weighted by atomic mass is 10.2. The fourth-order valence-corrected chi connectivity index (χ4v) is 4.05. The van der Waals surface area contributed by atoms with Gasteiger partial charge in [0.15, 0.2) is 11.1 Å². The van der Waals surface area contributed by atoms with Crippen molar-refractivity contribution in [1.29, 1.82) is 0 Å². The van der Waals surface area contributed by atoms with E-state index in [1.807, 2.05) is 12.1 Å². The van der Waals surface area contributed by atoms with Crippen LogP contribution in [0.15, 0.2) is 50.7 Å². The molecule has 0 spiro atoms. The average molecular weight is 427 g/mol. The van der Waals surface area contributed by atoms with Crippen LogP contribution in [0.3, 0.4) is 0 Å². The van der Waals surface area contributed by atoms with Crippen molar-refractivity contribution in [3.05, 3.63) is 52.6 Å². The van der Waals surface area contributed by atoms with E-state index < -0.39 is 5.97 Å². The Balaban J connectivity index is 1.53. The Kier molecular flexibility index (Phi) is 5.91. The molecule has 3 heterocycles. The van der Waals surface area contributed by atoms with Crippen molar-refractivity contribution in [3.63, 3.8) is 0 Å². The van der Waals surface area contributed by atoms with Gasteiger partial charge in [0.2, 0.25) is 0 Å². The summed E-state index contributed by atoms with van der Waals surface area (Å²) in [5, 5.41) is 0.522. The first-order valence-electron chi connectivity index (χ1n) is 9.42. The van der Waals surface area contributed by atoms with Gasteiger partial charge in [0.25, 0.3) is 5.91 Å². The highest BCUT2D eigenvalue weighted by molar-refractivity contribution is 8.18. The highest BCUT2D eigenvalue weighted by Gasteiger charge is 2.31. The van der Waals surface area contributed by atoms with Crippen molar-refractivity contribution >= 4 is 46.5 Å². The first-order valence-corrected chi connectivity index (χ1v) is 10.2. The molecule has 2 aromatic rings. The molecule has 0 unspecified atom stereocenters. The number of amidine groups is 1. The number of furan rings is 1. The smallest absolute Gasteiger partial charge is 0.337 e. The summed E-state index contributed by atoms with van der Waals surface area (Å²) in [6.07, 6.45) is 1.72. The van der Waals surface area contributed by atoms with E-state index in [2.05, 4.69) is 9.89 Å². The van der Waals surface area contributed by atoms with Crippen LogP contribution in [0.2, 0.25) is 0 Å². The van der Waals surface area contributed by atoms with Crippen LogP contribution < -0.4 is 4.90 Å². The molecule has 2 aliphatic heterocycles. The standard InChI is InChI=1S/C21H21N3O5S/c1-23-19(25)17(13-16-6-7-18(29-16)24-8-10-28-11-9-24)30-21(23)22-15-5-3-4-14(12-15)20(26)27-2/h3-7,12-13H,8-11H2,1-2H3. The molecule has 156 valence electrons. The number of carbonyl (C=O) groups is 2. The summed E-state index contributed by atoms with van der Waals surface area (Å²) in [7, 11) is 3.00. The third-order valence-electron chi connectivity index (χ3n) is 4.70. The predicted molar refractivity (Wildman–Crippen MR) is 115 cm³/mol. The maximum Gasteiger partial charge on any atom is 0.337 e. The van der Waals surface area contributed by atoms with Gasteiger partial charge in [-0.3, -0.25) is 9.69 Å². The highest BCUT2D eigenvalue weighted by Crippen LogP contribution is 2.34. The number of amides is 1. The van der Waals surface area contributed by atoms with Crippen molar-refractivity contribution in [2.45, 2.75) is 0 Å². The maximum atomic E-state index is 12.7. The summed E-state index contributed by atoms with van der Waals surface area (Å²) >= 11 is 1.26. The lowest BCUT2D eigenvalue weighted by Crippen LogP contribution is -2.35. The lowest BCUT2D eigenvalue weighted by molar-refractivity contribution is -0.121. The monoisotopic (exact) mass is 427 g/mol. The number of ether oxygens (including phenoxy) is 2. The molecular formula is C21H21N3O5S. The Morgan fingerprint density at radius 3 is 2.80 bits per heavy atom. The molecule has 0 atom stereocenters. The number of carbonyl (C=O) groups excluding carboxylic acids is 2. The van der Waals surface area contributed by atoms with Crippen LogP contribution >= 0.6 is 11.8 Å². The minimum absolute atomic E-state index is 0.160. The van der Waals surface area contributed by atoms with Crippen molar-refractivity contribution in [2.24, 2.45) is 4.99 Å². The van der Waals surface area contributed by atoms with Crippen LogP contribution in [-0.2, 0) is 14.3 Å². The van der Waals surface area contributed by atoms with Gasteiger partial charge in [0.05, 0.1) is 36.5 Å². The summed E-state index contributed by atoms with van der Waals surface area (Å²) < 4.78 is 16.0. The normalized spacial score (nSPS) is 19.7.